The number of aromatic nitrogens is 10. The van der Waals surface area contributed by atoms with Crippen LogP contribution in [0.15, 0.2) is 147 Å². The molecule has 5 aromatic heterocycles. The van der Waals surface area contributed by atoms with Crippen molar-refractivity contribution in [3.05, 3.63) is 180 Å². The zero-order valence-electron chi connectivity index (χ0n) is 80.1. The molecule has 0 aliphatic carbocycles. The summed E-state index contributed by atoms with van der Waals surface area (Å²) in [6, 6.07) is 32.8. The van der Waals surface area contributed by atoms with E-state index in [1.54, 1.807) is 57.8 Å². The van der Waals surface area contributed by atoms with Crippen molar-refractivity contribution in [2.24, 2.45) is 11.3 Å². The maximum absolute atomic E-state index is 11.2. The molecule has 5 aromatic carbocycles. The minimum Gasteiger partial charge on any atom is -0.329 e. The zero-order chi connectivity index (χ0) is 95.6. The molecule has 10 rings (SSSR count). The smallest absolute Gasteiger partial charge is 0.267 e. The number of hydrogen-bond acceptors (Lipinski definition) is 21. The number of hydrogen-bond donors (Lipinski definition) is 10. The van der Waals surface area contributed by atoms with Crippen molar-refractivity contribution in [2.75, 3.05) is 85.1 Å². The number of fused-ring (bicyclic) bond motifs is 5. The Morgan fingerprint density at radius 1 is 0.405 bits per heavy atom. The number of amides is 5. The van der Waals surface area contributed by atoms with Gasteiger partial charge in [-0.25, -0.2) is 52.3 Å². The number of aryl methyl sites for hydroxylation is 1. The van der Waals surface area contributed by atoms with E-state index < -0.39 is 29.5 Å². The standard InChI is InChI=1S/C22H31N5O2.C21H32N4O2.2C20H30N4O2.C17H24N4O2/c1-3-26(4-2)15-16-27-20-12-10-18(11-13-22(28)25-29)17-19(20)24-21(27)9-7-5-6-8-14-23;1-5-6-17(4)14-24(16(2)3)11-12-25-15-22-19-13-18(7-9-20(19)25)8-10-21(26)23-27;1-5-23(11-10-20(2,3)4)12-13-24-15-21-17-14-16(6-8-18(17)24)7-9-19(25)22-26;1-4-5-6-11-23(16(2)3)12-13-24-15-21-18-14-17(7-9-19(18)24)8-10-20(25)22-26;1-3-9-20(4-2)10-11-21-13-18-15-12-14(5-7-16(15)21)6-8-17(22)19-23/h10-13,17,29H,3-9,15-16H2,1-2H3,(H,25,28);7-10,13,15-17,27H,5-6,11-12,14H2,1-4H3,(H,23,26);6-9,14-15,26H,5,10-13H2,1-4H3,(H,22,25);7-10,14-16,26H,4-6,11-13H2,1-3H3,(H,22,25);5-8,12-13,23H,3-4,9-11H2,1-2H3,(H,19,22)/b13-11+;10-8+;9-7+;10-8+;8-6+. The van der Waals surface area contributed by atoms with Crippen molar-refractivity contribution < 1.29 is 50.0 Å². The number of benzene rings is 5. The highest BCUT2D eigenvalue weighted by molar-refractivity contribution is 5.95. The van der Waals surface area contributed by atoms with E-state index in [0.717, 1.165) is 239 Å². The number of rotatable bonds is 48. The summed E-state index contributed by atoms with van der Waals surface area (Å²) in [5.41, 5.74) is 22.5. The zero-order valence-corrected chi connectivity index (χ0v) is 80.1. The van der Waals surface area contributed by atoms with E-state index in [-0.39, 0.29) is 0 Å². The van der Waals surface area contributed by atoms with E-state index in [1.165, 1.54) is 68.9 Å². The Morgan fingerprint density at radius 3 is 1.11 bits per heavy atom. The first kappa shape index (κ1) is 108. The Balaban J connectivity index is 0.000000253. The van der Waals surface area contributed by atoms with E-state index in [1.807, 2.05) is 116 Å². The van der Waals surface area contributed by atoms with Gasteiger partial charge in [0.2, 0.25) is 0 Å². The Labute approximate surface area is 774 Å². The molecular formula is C100H147N21O10. The number of unbranched alkanes of at least 4 members (excludes halogenated alkanes) is 5. The van der Waals surface area contributed by atoms with Crippen LogP contribution < -0.4 is 27.4 Å². The second-order valence-corrected chi connectivity index (χ2v) is 34.5. The maximum Gasteiger partial charge on any atom is 0.267 e. The summed E-state index contributed by atoms with van der Waals surface area (Å²) < 4.78 is 11.0. The van der Waals surface area contributed by atoms with Crippen LogP contribution in [0.2, 0.25) is 0 Å². The summed E-state index contributed by atoms with van der Waals surface area (Å²) in [5, 5.41) is 51.4. The number of imidazole rings is 5. The Kier molecular flexibility index (Phi) is 48.9. The second-order valence-electron chi connectivity index (χ2n) is 34.5. The molecule has 0 bridgehead atoms. The average Bonchev–Trinajstić information content (AvgIpc) is 1.65. The molecule has 0 aliphatic heterocycles. The fourth-order valence-electron chi connectivity index (χ4n) is 15.1. The van der Waals surface area contributed by atoms with Crippen LogP contribution in [0, 0.1) is 22.7 Å². The van der Waals surface area contributed by atoms with Crippen LogP contribution in [0.25, 0.3) is 85.5 Å². The molecule has 1 unspecified atom stereocenters. The van der Waals surface area contributed by atoms with Crippen LogP contribution in [-0.4, -0.2) is 225 Å². The van der Waals surface area contributed by atoms with E-state index in [9.17, 15) is 24.0 Å². The third-order valence-electron chi connectivity index (χ3n) is 22.9. The lowest BCUT2D eigenvalue weighted by Crippen LogP contribution is -2.37. The topological polar surface area (TPSA) is 376 Å². The van der Waals surface area contributed by atoms with E-state index in [2.05, 4.69) is 177 Å². The highest BCUT2D eigenvalue weighted by Crippen LogP contribution is 2.26. The van der Waals surface area contributed by atoms with Gasteiger partial charge in [0.1, 0.15) is 5.82 Å². The molecule has 31 nitrogen and oxygen atoms in total. The monoisotopic (exact) mass is 1800 g/mol. The third kappa shape index (κ3) is 38.1. The van der Waals surface area contributed by atoms with Crippen molar-refractivity contribution in [3.63, 3.8) is 0 Å². The maximum atomic E-state index is 11.2. The highest BCUT2D eigenvalue weighted by atomic mass is 16.5. The largest absolute Gasteiger partial charge is 0.329 e. The number of carbonyl (C=O) groups is 5. The predicted molar refractivity (Wildman–Crippen MR) is 525 cm³/mol. The first-order valence-electron chi connectivity index (χ1n) is 46.5. The average molecular weight is 1800 g/mol. The molecule has 712 valence electrons. The summed E-state index contributed by atoms with van der Waals surface area (Å²) >= 11 is 0. The Bertz CT molecular complexity index is 5300. The van der Waals surface area contributed by atoms with Crippen LogP contribution in [0.3, 0.4) is 0 Å². The molecule has 31 heteroatoms. The lowest BCUT2D eigenvalue weighted by Gasteiger charge is -2.29. The Morgan fingerprint density at radius 2 is 0.763 bits per heavy atom. The van der Waals surface area contributed by atoms with Crippen molar-refractivity contribution in [2.45, 2.75) is 226 Å². The number of hydroxylamine groups is 5. The number of nitrogens with one attached hydrogen (secondary N) is 5. The second kappa shape index (κ2) is 59.1. The highest BCUT2D eigenvalue weighted by Gasteiger charge is 2.19. The molecular weight excluding hydrogens is 1660 g/mol. The summed E-state index contributed by atoms with van der Waals surface area (Å²) in [6.07, 6.45) is 35.2. The number of carbonyl (C=O) groups excluding carboxylic acids is 5. The van der Waals surface area contributed by atoms with Gasteiger partial charge >= 0.3 is 0 Å². The van der Waals surface area contributed by atoms with Gasteiger partial charge in [-0.15, -0.1) is 0 Å². The van der Waals surface area contributed by atoms with Crippen molar-refractivity contribution in [1.29, 1.82) is 5.26 Å². The molecule has 5 amide bonds. The van der Waals surface area contributed by atoms with E-state index >= 15 is 0 Å². The molecule has 0 aliphatic rings. The molecule has 0 saturated carbocycles. The van der Waals surface area contributed by atoms with Gasteiger partial charge in [-0.05, 0) is 242 Å². The van der Waals surface area contributed by atoms with Crippen LogP contribution in [0.1, 0.15) is 208 Å². The van der Waals surface area contributed by atoms with Gasteiger partial charge in [-0.3, -0.25) is 59.8 Å². The van der Waals surface area contributed by atoms with Gasteiger partial charge in [0.25, 0.3) is 29.5 Å². The minimum atomic E-state index is -0.562. The van der Waals surface area contributed by atoms with Gasteiger partial charge in [-0.1, -0.05) is 132 Å². The third-order valence-corrected chi connectivity index (χ3v) is 22.9. The van der Waals surface area contributed by atoms with Gasteiger partial charge in [0, 0.05) is 127 Å². The van der Waals surface area contributed by atoms with Gasteiger partial charge in [0.05, 0.1) is 86.5 Å². The molecule has 131 heavy (non-hydrogen) atoms. The van der Waals surface area contributed by atoms with Crippen LogP contribution >= 0.6 is 0 Å². The fourth-order valence-corrected chi connectivity index (χ4v) is 15.1. The number of likely N-dealkylation sites (N-methyl/N-ethyl adjacent to an activating group) is 3. The first-order valence-corrected chi connectivity index (χ1v) is 46.5. The lowest BCUT2D eigenvalue weighted by molar-refractivity contribution is -0.124. The van der Waals surface area contributed by atoms with Crippen molar-refractivity contribution >= 4 is 115 Å². The molecule has 0 spiro atoms. The number of nitrogens with zero attached hydrogens (tertiary/aromatic N) is 16. The normalized spacial score (nSPS) is 12.1. The molecule has 1 atom stereocenters. The van der Waals surface area contributed by atoms with Crippen LogP contribution in [0.4, 0.5) is 0 Å². The quantitative estimate of drug-likeness (QED) is 0.00733. The van der Waals surface area contributed by atoms with Gasteiger partial charge in [0.15, 0.2) is 0 Å². The first-order chi connectivity index (χ1) is 63.1. The molecule has 10 aromatic rings. The molecule has 0 radical (unpaired) electrons. The Hall–Kier alpha value is -11.4. The van der Waals surface area contributed by atoms with Crippen LogP contribution in [-0.2, 0) is 63.1 Å². The summed E-state index contributed by atoms with van der Waals surface area (Å²) in [7, 11) is 0. The number of nitriles is 1. The van der Waals surface area contributed by atoms with Crippen LogP contribution in [0.5, 0.6) is 0 Å². The summed E-state index contributed by atoms with van der Waals surface area (Å²) in [5.74, 6) is -0.982. The van der Waals surface area contributed by atoms with Crippen molar-refractivity contribution in [3.8, 4) is 6.07 Å². The lowest BCUT2D eigenvalue weighted by atomic mass is 9.92. The van der Waals surface area contributed by atoms with Gasteiger partial charge < -0.3 is 37.5 Å². The predicted octanol–water partition coefficient (Wildman–Crippen LogP) is 16.3. The molecule has 5 heterocycles. The molecule has 10 N–H and O–H groups in total. The molecule has 0 fully saturated rings. The minimum absolute atomic E-state index is 0.353. The molecule has 0 saturated heterocycles. The fraction of sp³-hybridized carbons (Fsp3) is 0.490. The summed E-state index contributed by atoms with van der Waals surface area (Å²) in [4.78, 5) is 90.6. The van der Waals surface area contributed by atoms with E-state index in [4.69, 9.17) is 36.3 Å². The van der Waals surface area contributed by atoms with Crippen molar-refractivity contribution in [1.82, 2.24) is 99.7 Å². The van der Waals surface area contributed by atoms with E-state index in [0.29, 0.717) is 29.8 Å². The SMILES string of the molecule is CCCC(C)CN(CCn1cnc2cc(/C=C/C(=O)NO)ccc21)C(C)C.CCCCCN(CCn1cnc2cc(/C=C/C(=O)NO)ccc21)C(C)C.CCCN(CC)CCn1cnc2cc(/C=C/C(=O)NO)ccc21.CCN(CC)CCn1c(CCCCCC#N)nc2cc(/C=C/C(=O)NO)ccc21.CCN(CCn1cnc2cc(/C=C/C(=O)NO)ccc21)CCC(C)(C)C. The van der Waals surface area contributed by atoms with Gasteiger partial charge in [-0.2, -0.15) is 5.26 Å². The summed E-state index contributed by atoms with van der Waals surface area (Å²) in [6.45, 7) is 51.7.